The highest BCUT2D eigenvalue weighted by Gasteiger charge is 2.18. The summed E-state index contributed by atoms with van der Waals surface area (Å²) in [7, 11) is 4.41. The molecule has 0 atom stereocenters. The summed E-state index contributed by atoms with van der Waals surface area (Å²) in [4.78, 5) is 24.0. The molecule has 0 fully saturated rings. The lowest BCUT2D eigenvalue weighted by Gasteiger charge is -2.15. The molecule has 0 bridgehead atoms. The van der Waals surface area contributed by atoms with Crippen molar-refractivity contribution in [1.29, 1.82) is 0 Å². The van der Waals surface area contributed by atoms with E-state index in [0.29, 0.717) is 22.8 Å². The molecule has 2 N–H and O–H groups in total. The van der Waals surface area contributed by atoms with Gasteiger partial charge in [0.2, 0.25) is 11.7 Å². The van der Waals surface area contributed by atoms with Crippen LogP contribution in [0.15, 0.2) is 36.4 Å². The van der Waals surface area contributed by atoms with Crippen LogP contribution in [0.4, 0.5) is 4.39 Å². The third-order valence-corrected chi connectivity index (χ3v) is 3.56. The zero-order chi connectivity index (χ0) is 19.1. The third-order valence-electron chi connectivity index (χ3n) is 3.56. The van der Waals surface area contributed by atoms with Gasteiger partial charge in [0.25, 0.3) is 5.91 Å². The molecule has 7 nitrogen and oxygen atoms in total. The number of hydrazine groups is 1. The van der Waals surface area contributed by atoms with Crippen LogP contribution < -0.4 is 25.1 Å². The van der Waals surface area contributed by atoms with Crippen molar-refractivity contribution in [1.82, 2.24) is 10.9 Å². The van der Waals surface area contributed by atoms with Crippen LogP contribution in [-0.4, -0.2) is 33.1 Å². The number of ether oxygens (including phenoxy) is 3. The van der Waals surface area contributed by atoms with Gasteiger partial charge in [0.15, 0.2) is 11.5 Å². The van der Waals surface area contributed by atoms with Gasteiger partial charge in [-0.1, -0.05) is 6.07 Å². The summed E-state index contributed by atoms with van der Waals surface area (Å²) in [5.41, 5.74) is 5.34. The van der Waals surface area contributed by atoms with Gasteiger partial charge in [-0.05, 0) is 30.3 Å². The molecular formula is C18H19FN2O5. The van der Waals surface area contributed by atoms with E-state index in [-0.39, 0.29) is 12.0 Å². The summed E-state index contributed by atoms with van der Waals surface area (Å²) in [5.74, 6) is -0.268. The summed E-state index contributed by atoms with van der Waals surface area (Å²) in [6, 6.07) is 8.27. The summed E-state index contributed by atoms with van der Waals surface area (Å²) >= 11 is 0. The van der Waals surface area contributed by atoms with Crippen molar-refractivity contribution in [3.05, 3.63) is 53.3 Å². The smallest absolute Gasteiger partial charge is 0.269 e. The molecule has 0 aliphatic heterocycles. The number of nitrogens with one attached hydrogen (secondary N) is 2. The van der Waals surface area contributed by atoms with Crippen molar-refractivity contribution in [3.8, 4) is 17.2 Å². The average molecular weight is 362 g/mol. The number of carbonyl (C=O) groups is 2. The third kappa shape index (κ3) is 4.41. The van der Waals surface area contributed by atoms with Crippen molar-refractivity contribution in [3.63, 3.8) is 0 Å². The second-order valence-corrected chi connectivity index (χ2v) is 5.18. The van der Waals surface area contributed by atoms with Crippen LogP contribution >= 0.6 is 0 Å². The van der Waals surface area contributed by atoms with Crippen molar-refractivity contribution in [2.24, 2.45) is 0 Å². The van der Waals surface area contributed by atoms with Gasteiger partial charge < -0.3 is 14.2 Å². The van der Waals surface area contributed by atoms with E-state index >= 15 is 0 Å². The molecule has 0 aliphatic rings. The molecule has 8 heteroatoms. The maximum atomic E-state index is 12.9. The maximum absolute atomic E-state index is 12.9. The highest BCUT2D eigenvalue weighted by atomic mass is 19.1. The molecular weight excluding hydrogens is 343 g/mol. The van der Waals surface area contributed by atoms with Crippen LogP contribution in [0.2, 0.25) is 0 Å². The number of hydrogen-bond donors (Lipinski definition) is 2. The van der Waals surface area contributed by atoms with Crippen molar-refractivity contribution in [2.75, 3.05) is 21.3 Å². The minimum absolute atomic E-state index is 0.0623. The van der Waals surface area contributed by atoms with Gasteiger partial charge in [-0.3, -0.25) is 20.4 Å². The second-order valence-electron chi connectivity index (χ2n) is 5.18. The first-order valence-corrected chi connectivity index (χ1v) is 7.62. The van der Waals surface area contributed by atoms with Crippen LogP contribution in [-0.2, 0) is 11.2 Å². The molecule has 138 valence electrons. The Balaban J connectivity index is 2.03. The Kier molecular flexibility index (Phi) is 6.37. The summed E-state index contributed by atoms with van der Waals surface area (Å²) in [5, 5.41) is 0. The van der Waals surface area contributed by atoms with E-state index in [2.05, 4.69) is 10.9 Å². The van der Waals surface area contributed by atoms with Gasteiger partial charge in [0, 0.05) is 11.1 Å². The van der Waals surface area contributed by atoms with Crippen LogP contribution in [0.1, 0.15) is 15.9 Å². The number of carbonyl (C=O) groups excluding carboxylic acids is 2. The molecule has 0 unspecified atom stereocenters. The van der Waals surface area contributed by atoms with Crippen LogP contribution in [0.5, 0.6) is 17.2 Å². The fraction of sp³-hybridized carbons (Fsp3) is 0.222. The minimum Gasteiger partial charge on any atom is -0.493 e. The molecule has 0 heterocycles. The van der Waals surface area contributed by atoms with Gasteiger partial charge >= 0.3 is 0 Å². The quantitative estimate of drug-likeness (QED) is 0.766. The monoisotopic (exact) mass is 362 g/mol. The second kappa shape index (κ2) is 8.70. The normalized spacial score (nSPS) is 10.0. The number of rotatable bonds is 6. The van der Waals surface area contributed by atoms with Crippen molar-refractivity contribution < 1.29 is 28.2 Å². The topological polar surface area (TPSA) is 85.9 Å². The molecule has 0 spiro atoms. The van der Waals surface area contributed by atoms with Gasteiger partial charge in [-0.15, -0.1) is 0 Å². The number of halogens is 1. The Morgan fingerprint density at radius 2 is 1.54 bits per heavy atom. The first kappa shape index (κ1) is 19.0. The highest BCUT2D eigenvalue weighted by Crippen LogP contribution is 2.39. The highest BCUT2D eigenvalue weighted by molar-refractivity contribution is 5.95. The minimum atomic E-state index is -0.558. The zero-order valence-corrected chi connectivity index (χ0v) is 14.6. The van der Waals surface area contributed by atoms with Crippen LogP contribution in [0.3, 0.4) is 0 Å². The van der Waals surface area contributed by atoms with E-state index < -0.39 is 17.6 Å². The molecule has 26 heavy (non-hydrogen) atoms. The fourth-order valence-corrected chi connectivity index (χ4v) is 2.32. The fourth-order valence-electron chi connectivity index (χ4n) is 2.32. The van der Waals surface area contributed by atoms with E-state index in [0.717, 1.165) is 12.1 Å². The van der Waals surface area contributed by atoms with Gasteiger partial charge in [0.1, 0.15) is 5.82 Å². The first-order chi connectivity index (χ1) is 12.5. The molecule has 0 aliphatic carbocycles. The average Bonchev–Trinajstić information content (AvgIpc) is 2.66. The molecule has 2 aromatic carbocycles. The zero-order valence-electron chi connectivity index (χ0n) is 14.6. The number of hydrogen-bond acceptors (Lipinski definition) is 5. The molecule has 0 radical (unpaired) electrons. The molecule has 0 aromatic heterocycles. The lowest BCUT2D eigenvalue weighted by Crippen LogP contribution is -2.42. The van der Waals surface area contributed by atoms with E-state index in [9.17, 15) is 14.0 Å². The first-order valence-electron chi connectivity index (χ1n) is 7.62. The summed E-state index contributed by atoms with van der Waals surface area (Å²) < 4.78 is 28.6. The predicted octanol–water partition coefficient (Wildman–Crippen LogP) is 1.86. The van der Waals surface area contributed by atoms with Crippen LogP contribution in [0.25, 0.3) is 0 Å². The van der Waals surface area contributed by atoms with Crippen molar-refractivity contribution in [2.45, 2.75) is 6.42 Å². The van der Waals surface area contributed by atoms with Crippen LogP contribution in [0, 0.1) is 5.82 Å². The number of benzene rings is 2. The van der Waals surface area contributed by atoms with E-state index in [1.165, 1.54) is 33.5 Å². The Morgan fingerprint density at radius 3 is 2.12 bits per heavy atom. The van der Waals surface area contributed by atoms with Gasteiger partial charge in [0.05, 0.1) is 27.8 Å². The lowest BCUT2D eigenvalue weighted by molar-refractivity contribution is -0.121. The Bertz CT molecular complexity index is 793. The van der Waals surface area contributed by atoms with E-state index in [1.54, 1.807) is 12.1 Å². The Morgan fingerprint density at radius 1 is 0.885 bits per heavy atom. The number of amides is 2. The molecule has 0 saturated heterocycles. The van der Waals surface area contributed by atoms with Gasteiger partial charge in [-0.2, -0.15) is 0 Å². The van der Waals surface area contributed by atoms with E-state index in [1.807, 2.05) is 0 Å². The molecule has 2 amide bonds. The maximum Gasteiger partial charge on any atom is 0.269 e. The number of methoxy groups -OCH3 is 3. The molecule has 2 aromatic rings. The molecule has 0 saturated carbocycles. The SMILES string of the molecule is COc1ccc(CC(=O)NNC(=O)c2ccc(F)cc2)c(OC)c1OC. The van der Waals surface area contributed by atoms with Crippen molar-refractivity contribution >= 4 is 11.8 Å². The predicted molar refractivity (Wildman–Crippen MR) is 91.8 cm³/mol. The van der Waals surface area contributed by atoms with Gasteiger partial charge in [-0.25, -0.2) is 4.39 Å². The summed E-state index contributed by atoms with van der Waals surface area (Å²) in [6.45, 7) is 0. The standard InChI is InChI=1S/C18H19FN2O5/c1-24-14-9-6-12(16(25-2)17(14)26-3)10-15(22)20-21-18(23)11-4-7-13(19)8-5-11/h4-9H,10H2,1-3H3,(H,20,22)(H,21,23). The summed E-state index contributed by atoms with van der Waals surface area (Å²) in [6.07, 6.45) is -0.0623. The largest absolute Gasteiger partial charge is 0.493 e. The Hall–Kier alpha value is -3.29. The molecule has 2 rings (SSSR count). The Labute approximate surface area is 150 Å². The van der Waals surface area contributed by atoms with E-state index in [4.69, 9.17) is 14.2 Å². The lowest BCUT2D eigenvalue weighted by atomic mass is 10.1.